The third kappa shape index (κ3) is 6.37. The van der Waals surface area contributed by atoms with Gasteiger partial charge in [0, 0.05) is 25.7 Å². The molecule has 0 saturated carbocycles. The molecule has 0 spiro atoms. The van der Waals surface area contributed by atoms with Crippen molar-refractivity contribution in [1.82, 2.24) is 10.2 Å². The summed E-state index contributed by atoms with van der Waals surface area (Å²) in [7, 11) is 2.10. The molecule has 0 amide bonds. The molecule has 4 nitrogen and oxygen atoms in total. The van der Waals surface area contributed by atoms with Crippen molar-refractivity contribution in [2.24, 2.45) is 0 Å². The third-order valence-electron chi connectivity index (χ3n) is 3.43. The first-order valence-corrected chi connectivity index (χ1v) is 7.28. The summed E-state index contributed by atoms with van der Waals surface area (Å²) in [6.45, 7) is 9.06. The van der Waals surface area contributed by atoms with Crippen LogP contribution in [0.25, 0.3) is 0 Å². The lowest BCUT2D eigenvalue weighted by molar-refractivity contribution is 0.105. The fourth-order valence-electron chi connectivity index (χ4n) is 1.75. The monoisotopic (exact) mass is 280 g/mol. The maximum atomic E-state index is 9.87. The summed E-state index contributed by atoms with van der Waals surface area (Å²) >= 11 is 0. The Bertz CT molecular complexity index is 382. The van der Waals surface area contributed by atoms with Crippen LogP contribution < -0.4 is 10.1 Å². The van der Waals surface area contributed by atoms with E-state index < -0.39 is 6.10 Å². The van der Waals surface area contributed by atoms with Crippen molar-refractivity contribution in [2.75, 3.05) is 33.3 Å². The highest BCUT2D eigenvalue weighted by Crippen LogP contribution is 2.16. The standard InChI is InChI=1S/C16H28N2O2/c1-13(2)18(4)10-9-17-11-15(19)12-20-16-8-6-5-7-14(16)3/h5-8,13,15,17,19H,9-12H2,1-4H3. The van der Waals surface area contributed by atoms with Crippen LogP contribution in [0.1, 0.15) is 19.4 Å². The predicted octanol–water partition coefficient (Wildman–Crippen LogP) is 1.66. The summed E-state index contributed by atoms with van der Waals surface area (Å²) in [4.78, 5) is 2.27. The van der Waals surface area contributed by atoms with Crippen molar-refractivity contribution >= 4 is 0 Å². The Hall–Kier alpha value is -1.10. The van der Waals surface area contributed by atoms with Crippen LogP contribution in [0, 0.1) is 6.92 Å². The Morgan fingerprint density at radius 3 is 2.65 bits per heavy atom. The van der Waals surface area contributed by atoms with E-state index in [1.165, 1.54) is 0 Å². The molecule has 0 aromatic heterocycles. The Kier molecular flexibility index (Phi) is 7.59. The van der Waals surface area contributed by atoms with Crippen LogP contribution in [-0.4, -0.2) is 55.4 Å². The first kappa shape index (κ1) is 17.0. The molecule has 1 aromatic rings. The van der Waals surface area contributed by atoms with Crippen LogP contribution in [-0.2, 0) is 0 Å². The average molecular weight is 280 g/mol. The SMILES string of the molecule is Cc1ccccc1OCC(O)CNCCN(C)C(C)C. The molecule has 4 heteroatoms. The molecule has 2 N–H and O–H groups in total. The summed E-state index contributed by atoms with van der Waals surface area (Å²) in [5, 5.41) is 13.1. The lowest BCUT2D eigenvalue weighted by atomic mass is 10.2. The number of rotatable bonds is 9. The Morgan fingerprint density at radius 1 is 1.30 bits per heavy atom. The highest BCUT2D eigenvalue weighted by Gasteiger charge is 2.07. The molecule has 1 rings (SSSR count). The molecule has 1 atom stereocenters. The molecule has 0 aliphatic heterocycles. The Morgan fingerprint density at radius 2 is 2.00 bits per heavy atom. The zero-order valence-electron chi connectivity index (χ0n) is 13.1. The van der Waals surface area contributed by atoms with Crippen LogP contribution in [0.2, 0.25) is 0 Å². The minimum absolute atomic E-state index is 0.317. The van der Waals surface area contributed by atoms with Gasteiger partial charge >= 0.3 is 0 Å². The summed E-state index contributed by atoms with van der Waals surface area (Å²) in [6.07, 6.45) is -0.487. The quantitative estimate of drug-likeness (QED) is 0.675. The average Bonchev–Trinajstić information content (AvgIpc) is 2.42. The van der Waals surface area contributed by atoms with Gasteiger partial charge in [-0.25, -0.2) is 0 Å². The topological polar surface area (TPSA) is 44.7 Å². The minimum atomic E-state index is -0.487. The van der Waals surface area contributed by atoms with Gasteiger partial charge in [-0.2, -0.15) is 0 Å². The van der Waals surface area contributed by atoms with Gasteiger partial charge in [0.15, 0.2) is 0 Å². The Balaban J connectivity index is 2.15. The number of para-hydroxylation sites is 1. The fourth-order valence-corrected chi connectivity index (χ4v) is 1.75. The van der Waals surface area contributed by atoms with Crippen molar-refractivity contribution in [3.8, 4) is 5.75 Å². The van der Waals surface area contributed by atoms with Gasteiger partial charge in [0.1, 0.15) is 18.5 Å². The summed E-state index contributed by atoms with van der Waals surface area (Å²) < 4.78 is 5.61. The molecule has 0 aliphatic rings. The smallest absolute Gasteiger partial charge is 0.122 e. The summed E-state index contributed by atoms with van der Waals surface area (Å²) in [5.41, 5.74) is 1.09. The predicted molar refractivity (Wildman–Crippen MR) is 83.3 cm³/mol. The van der Waals surface area contributed by atoms with Gasteiger partial charge in [-0.1, -0.05) is 18.2 Å². The normalized spacial score (nSPS) is 12.9. The van der Waals surface area contributed by atoms with Crippen LogP contribution >= 0.6 is 0 Å². The number of hydrogen-bond acceptors (Lipinski definition) is 4. The van der Waals surface area contributed by atoms with E-state index >= 15 is 0 Å². The van der Waals surface area contributed by atoms with Gasteiger partial charge in [-0.3, -0.25) is 0 Å². The first-order chi connectivity index (χ1) is 9.50. The van der Waals surface area contributed by atoms with Crippen LogP contribution in [0.4, 0.5) is 0 Å². The minimum Gasteiger partial charge on any atom is -0.491 e. The second kappa shape index (κ2) is 8.95. The zero-order valence-corrected chi connectivity index (χ0v) is 13.1. The second-order valence-electron chi connectivity index (χ2n) is 5.51. The number of aliphatic hydroxyl groups is 1. The van der Waals surface area contributed by atoms with Crippen LogP contribution in [0.5, 0.6) is 5.75 Å². The lowest BCUT2D eigenvalue weighted by Crippen LogP contribution is -2.38. The van der Waals surface area contributed by atoms with E-state index in [9.17, 15) is 5.11 Å². The van der Waals surface area contributed by atoms with E-state index in [0.717, 1.165) is 24.4 Å². The number of aliphatic hydroxyl groups excluding tert-OH is 1. The molecule has 1 aromatic carbocycles. The van der Waals surface area contributed by atoms with E-state index in [2.05, 4.69) is 31.1 Å². The number of ether oxygens (including phenoxy) is 1. The van der Waals surface area contributed by atoms with E-state index in [0.29, 0.717) is 19.2 Å². The summed E-state index contributed by atoms with van der Waals surface area (Å²) in [6, 6.07) is 8.39. The van der Waals surface area contributed by atoms with Crippen molar-refractivity contribution < 1.29 is 9.84 Å². The highest BCUT2D eigenvalue weighted by molar-refractivity contribution is 5.31. The maximum Gasteiger partial charge on any atom is 0.122 e. The van der Waals surface area contributed by atoms with Crippen LogP contribution in [0.15, 0.2) is 24.3 Å². The molecule has 0 heterocycles. The van der Waals surface area contributed by atoms with Crippen molar-refractivity contribution in [1.29, 1.82) is 0 Å². The van der Waals surface area contributed by atoms with Gasteiger partial charge in [0.2, 0.25) is 0 Å². The molecule has 0 aliphatic carbocycles. The molecule has 20 heavy (non-hydrogen) atoms. The van der Waals surface area contributed by atoms with Crippen molar-refractivity contribution in [2.45, 2.75) is 32.9 Å². The maximum absolute atomic E-state index is 9.87. The Labute approximate surface area is 122 Å². The number of nitrogens with zero attached hydrogens (tertiary/aromatic N) is 1. The third-order valence-corrected chi connectivity index (χ3v) is 3.43. The van der Waals surface area contributed by atoms with E-state index in [4.69, 9.17) is 4.74 Å². The number of nitrogens with one attached hydrogen (secondary N) is 1. The molecule has 0 fully saturated rings. The molecule has 1 unspecified atom stereocenters. The molecule has 0 radical (unpaired) electrons. The number of aryl methyl sites for hydroxylation is 1. The van der Waals surface area contributed by atoms with Gasteiger partial charge in [0.05, 0.1) is 0 Å². The zero-order chi connectivity index (χ0) is 15.0. The van der Waals surface area contributed by atoms with E-state index in [1.54, 1.807) is 0 Å². The highest BCUT2D eigenvalue weighted by atomic mass is 16.5. The van der Waals surface area contributed by atoms with Gasteiger partial charge in [-0.05, 0) is 39.4 Å². The van der Waals surface area contributed by atoms with E-state index in [-0.39, 0.29) is 0 Å². The fraction of sp³-hybridized carbons (Fsp3) is 0.625. The largest absolute Gasteiger partial charge is 0.491 e. The van der Waals surface area contributed by atoms with Crippen molar-refractivity contribution in [3.05, 3.63) is 29.8 Å². The number of likely N-dealkylation sites (N-methyl/N-ethyl adjacent to an activating group) is 1. The number of hydrogen-bond donors (Lipinski definition) is 2. The van der Waals surface area contributed by atoms with Gasteiger partial charge < -0.3 is 20.1 Å². The molecule has 0 saturated heterocycles. The molecular formula is C16H28N2O2. The molecule has 0 bridgehead atoms. The lowest BCUT2D eigenvalue weighted by Gasteiger charge is -2.21. The first-order valence-electron chi connectivity index (χ1n) is 7.28. The van der Waals surface area contributed by atoms with E-state index in [1.807, 2.05) is 31.2 Å². The molecule has 114 valence electrons. The second-order valence-corrected chi connectivity index (χ2v) is 5.51. The van der Waals surface area contributed by atoms with Crippen LogP contribution in [0.3, 0.4) is 0 Å². The molecular weight excluding hydrogens is 252 g/mol. The summed E-state index contributed by atoms with van der Waals surface area (Å²) in [5.74, 6) is 0.839. The van der Waals surface area contributed by atoms with Gasteiger partial charge in [0.25, 0.3) is 0 Å². The van der Waals surface area contributed by atoms with Crippen molar-refractivity contribution in [3.63, 3.8) is 0 Å². The van der Waals surface area contributed by atoms with Gasteiger partial charge in [-0.15, -0.1) is 0 Å². The number of benzene rings is 1.